The van der Waals surface area contributed by atoms with Gasteiger partial charge in [-0.05, 0) is 69.4 Å². The summed E-state index contributed by atoms with van der Waals surface area (Å²) < 4.78 is 17.0. The lowest BCUT2D eigenvalue weighted by atomic mass is 9.95. The van der Waals surface area contributed by atoms with E-state index in [1.54, 1.807) is 23.1 Å². The van der Waals surface area contributed by atoms with Gasteiger partial charge in [0.2, 0.25) is 0 Å². The molecular formula is C27H32N2O6. The predicted molar refractivity (Wildman–Crippen MR) is 132 cm³/mol. The van der Waals surface area contributed by atoms with Crippen molar-refractivity contribution in [1.29, 1.82) is 0 Å². The van der Waals surface area contributed by atoms with Gasteiger partial charge in [0.1, 0.15) is 24.7 Å². The Morgan fingerprint density at radius 3 is 2.63 bits per heavy atom. The standard InChI is InChI=1S/C27H32N2O6/c1-4-13-33-20-8-5-7-18(16-20)24-23(26(31)27(32)29(24)12-6-11-28(2)3)25(30)19-9-10-21-22(17-19)35-15-14-34-21/h5,7-10,16-17,24,30H,4,6,11-15H2,1-3H3/t24-/m1/s1. The number of likely N-dealkylation sites (tertiary alicyclic amines) is 1. The van der Waals surface area contributed by atoms with E-state index in [1.165, 1.54) is 0 Å². The molecule has 2 aromatic carbocycles. The van der Waals surface area contributed by atoms with Crippen molar-refractivity contribution in [3.05, 3.63) is 59.2 Å². The lowest BCUT2D eigenvalue weighted by Gasteiger charge is -2.26. The van der Waals surface area contributed by atoms with Crippen LogP contribution in [-0.4, -0.2) is 73.6 Å². The highest BCUT2D eigenvalue weighted by Crippen LogP contribution is 2.41. The number of ketones is 1. The fraction of sp³-hybridized carbons (Fsp3) is 0.407. The molecule has 8 nitrogen and oxygen atoms in total. The zero-order valence-corrected chi connectivity index (χ0v) is 20.5. The molecule has 0 aliphatic carbocycles. The summed E-state index contributed by atoms with van der Waals surface area (Å²) in [6.45, 7) is 4.58. The molecule has 1 fully saturated rings. The Kier molecular flexibility index (Phi) is 7.60. The van der Waals surface area contributed by atoms with Gasteiger partial charge in [-0.25, -0.2) is 0 Å². The van der Waals surface area contributed by atoms with Crippen LogP contribution in [0.3, 0.4) is 0 Å². The quantitative estimate of drug-likeness (QED) is 0.333. The van der Waals surface area contributed by atoms with Gasteiger partial charge < -0.3 is 29.1 Å². The smallest absolute Gasteiger partial charge is 0.295 e. The minimum Gasteiger partial charge on any atom is -0.507 e. The van der Waals surface area contributed by atoms with Crippen LogP contribution in [0.2, 0.25) is 0 Å². The molecule has 186 valence electrons. The average molecular weight is 481 g/mol. The zero-order chi connectivity index (χ0) is 24.9. The summed E-state index contributed by atoms with van der Waals surface area (Å²) in [5.74, 6) is 0.170. The number of fused-ring (bicyclic) bond motifs is 1. The normalized spacial score (nSPS) is 18.9. The second kappa shape index (κ2) is 10.8. The van der Waals surface area contributed by atoms with Crippen molar-refractivity contribution >= 4 is 17.4 Å². The fourth-order valence-corrected chi connectivity index (χ4v) is 4.35. The first-order chi connectivity index (χ1) is 16.9. The molecule has 0 unspecified atom stereocenters. The van der Waals surface area contributed by atoms with Crippen molar-refractivity contribution in [2.45, 2.75) is 25.8 Å². The molecule has 0 spiro atoms. The van der Waals surface area contributed by atoms with Crippen LogP contribution in [0.4, 0.5) is 0 Å². The maximum Gasteiger partial charge on any atom is 0.295 e. The molecule has 35 heavy (non-hydrogen) atoms. The van der Waals surface area contributed by atoms with E-state index in [-0.39, 0.29) is 11.3 Å². The van der Waals surface area contributed by atoms with Crippen molar-refractivity contribution in [3.63, 3.8) is 0 Å². The molecule has 2 heterocycles. The van der Waals surface area contributed by atoms with Crippen molar-refractivity contribution in [2.75, 3.05) is 47.0 Å². The minimum absolute atomic E-state index is 0.0594. The number of carbonyl (C=O) groups is 2. The van der Waals surface area contributed by atoms with Crippen LogP contribution in [0.5, 0.6) is 17.2 Å². The third-order valence-electron chi connectivity index (χ3n) is 6.01. The van der Waals surface area contributed by atoms with Gasteiger partial charge in [0, 0.05) is 12.1 Å². The Balaban J connectivity index is 1.77. The third kappa shape index (κ3) is 5.27. The van der Waals surface area contributed by atoms with Gasteiger partial charge in [-0.15, -0.1) is 0 Å². The molecule has 1 atom stereocenters. The van der Waals surface area contributed by atoms with Crippen LogP contribution in [0.25, 0.3) is 5.76 Å². The van der Waals surface area contributed by atoms with E-state index >= 15 is 0 Å². The van der Waals surface area contributed by atoms with E-state index in [0.717, 1.165) is 13.0 Å². The maximum absolute atomic E-state index is 13.3. The number of ether oxygens (including phenoxy) is 3. The third-order valence-corrected chi connectivity index (χ3v) is 6.01. The summed E-state index contributed by atoms with van der Waals surface area (Å²) in [5.41, 5.74) is 1.16. The fourth-order valence-electron chi connectivity index (χ4n) is 4.35. The van der Waals surface area contributed by atoms with Crippen LogP contribution < -0.4 is 14.2 Å². The molecule has 1 saturated heterocycles. The summed E-state index contributed by atoms with van der Waals surface area (Å²) in [5, 5.41) is 11.3. The van der Waals surface area contributed by atoms with Gasteiger partial charge in [0.15, 0.2) is 11.5 Å². The number of carbonyl (C=O) groups excluding carboxylic acids is 2. The van der Waals surface area contributed by atoms with Crippen LogP contribution in [-0.2, 0) is 9.59 Å². The van der Waals surface area contributed by atoms with E-state index in [9.17, 15) is 14.7 Å². The van der Waals surface area contributed by atoms with Gasteiger partial charge >= 0.3 is 0 Å². The first-order valence-electron chi connectivity index (χ1n) is 12.0. The van der Waals surface area contributed by atoms with Crippen molar-refractivity contribution in [3.8, 4) is 17.2 Å². The molecule has 2 aromatic rings. The highest BCUT2D eigenvalue weighted by molar-refractivity contribution is 6.46. The number of aliphatic hydroxyl groups is 1. The molecule has 0 saturated carbocycles. The zero-order valence-electron chi connectivity index (χ0n) is 20.5. The molecule has 0 bridgehead atoms. The van der Waals surface area contributed by atoms with E-state index in [4.69, 9.17) is 14.2 Å². The van der Waals surface area contributed by atoms with Gasteiger partial charge in [-0.3, -0.25) is 9.59 Å². The summed E-state index contributed by atoms with van der Waals surface area (Å²) in [6, 6.07) is 11.7. The second-order valence-electron chi connectivity index (χ2n) is 8.93. The topological polar surface area (TPSA) is 88.5 Å². The molecular weight excluding hydrogens is 448 g/mol. The number of benzene rings is 2. The van der Waals surface area contributed by atoms with Gasteiger partial charge in [-0.2, -0.15) is 0 Å². The molecule has 0 aromatic heterocycles. The number of nitrogens with zero attached hydrogens (tertiary/aromatic N) is 2. The average Bonchev–Trinajstić information content (AvgIpc) is 3.11. The van der Waals surface area contributed by atoms with Crippen molar-refractivity contribution < 1.29 is 28.9 Å². The molecule has 1 N–H and O–H groups in total. The van der Waals surface area contributed by atoms with E-state index in [0.29, 0.717) is 61.2 Å². The van der Waals surface area contributed by atoms with Crippen LogP contribution >= 0.6 is 0 Å². The molecule has 2 aliphatic rings. The molecule has 8 heteroatoms. The van der Waals surface area contributed by atoms with Gasteiger partial charge in [0.05, 0.1) is 18.2 Å². The van der Waals surface area contributed by atoms with Crippen LogP contribution in [0.15, 0.2) is 48.0 Å². The number of hydrogen-bond acceptors (Lipinski definition) is 7. The Morgan fingerprint density at radius 1 is 1.11 bits per heavy atom. The number of hydrogen-bond donors (Lipinski definition) is 1. The van der Waals surface area contributed by atoms with E-state index in [2.05, 4.69) is 0 Å². The number of rotatable bonds is 9. The lowest BCUT2D eigenvalue weighted by Crippen LogP contribution is -2.32. The van der Waals surface area contributed by atoms with E-state index < -0.39 is 17.7 Å². The molecule has 4 rings (SSSR count). The van der Waals surface area contributed by atoms with Gasteiger partial charge in [0.25, 0.3) is 11.7 Å². The largest absolute Gasteiger partial charge is 0.507 e. The number of amides is 1. The molecule has 2 aliphatic heterocycles. The monoisotopic (exact) mass is 480 g/mol. The Hall–Kier alpha value is -3.52. The SMILES string of the molecule is CCCOc1cccc([C@@H]2C(=C(O)c3ccc4c(c3)OCCO4)C(=O)C(=O)N2CCCN(C)C)c1. The Labute approximate surface area is 205 Å². The summed E-state index contributed by atoms with van der Waals surface area (Å²) in [6.07, 6.45) is 1.55. The number of Topliss-reactive ketones (excluding diaryl/α,β-unsaturated/α-hetero) is 1. The number of aliphatic hydroxyl groups excluding tert-OH is 1. The van der Waals surface area contributed by atoms with E-state index in [1.807, 2.05) is 50.2 Å². The Bertz CT molecular complexity index is 1130. The van der Waals surface area contributed by atoms with Crippen LogP contribution in [0.1, 0.15) is 36.9 Å². The first-order valence-corrected chi connectivity index (χ1v) is 12.0. The first kappa shape index (κ1) is 24.6. The lowest BCUT2D eigenvalue weighted by molar-refractivity contribution is -0.139. The van der Waals surface area contributed by atoms with Crippen molar-refractivity contribution in [1.82, 2.24) is 9.80 Å². The maximum atomic E-state index is 13.3. The minimum atomic E-state index is -0.726. The summed E-state index contributed by atoms with van der Waals surface area (Å²) in [7, 11) is 3.92. The van der Waals surface area contributed by atoms with Gasteiger partial charge in [-0.1, -0.05) is 19.1 Å². The second-order valence-corrected chi connectivity index (χ2v) is 8.93. The van der Waals surface area contributed by atoms with Crippen molar-refractivity contribution in [2.24, 2.45) is 0 Å². The highest BCUT2D eigenvalue weighted by atomic mass is 16.6. The summed E-state index contributed by atoms with van der Waals surface area (Å²) >= 11 is 0. The molecule has 1 amide bonds. The molecule has 0 radical (unpaired) electrons. The highest BCUT2D eigenvalue weighted by Gasteiger charge is 2.46. The summed E-state index contributed by atoms with van der Waals surface area (Å²) in [4.78, 5) is 30.0. The predicted octanol–water partition coefficient (Wildman–Crippen LogP) is 3.62. The Morgan fingerprint density at radius 2 is 1.89 bits per heavy atom. The van der Waals surface area contributed by atoms with Crippen LogP contribution in [0, 0.1) is 0 Å².